The minimum Gasteiger partial charge on any atom is -0.389 e. The van der Waals surface area contributed by atoms with Crippen molar-refractivity contribution in [1.82, 2.24) is 0 Å². The van der Waals surface area contributed by atoms with E-state index in [1.165, 1.54) is 6.42 Å². The summed E-state index contributed by atoms with van der Waals surface area (Å²) in [6.07, 6.45) is 7.63. The molecule has 0 aromatic carbocycles. The predicted octanol–water partition coefficient (Wildman–Crippen LogP) is 2.05. The molecule has 2 aliphatic rings. The van der Waals surface area contributed by atoms with Crippen LogP contribution in [0.3, 0.4) is 0 Å². The molecule has 2 atom stereocenters. The second kappa shape index (κ2) is 3.41. The van der Waals surface area contributed by atoms with Gasteiger partial charge in [0.25, 0.3) is 0 Å². The number of ketones is 1. The Kier molecular flexibility index (Phi) is 2.41. The van der Waals surface area contributed by atoms with Crippen LogP contribution in [0.5, 0.6) is 0 Å². The van der Waals surface area contributed by atoms with Crippen LogP contribution in [0.2, 0.25) is 0 Å². The Bertz CT molecular complexity index is 212. The summed E-state index contributed by atoms with van der Waals surface area (Å²) in [7, 11) is 0. The lowest BCUT2D eigenvalue weighted by molar-refractivity contribution is -0.139. The van der Waals surface area contributed by atoms with Crippen LogP contribution in [0, 0.1) is 5.92 Å². The van der Waals surface area contributed by atoms with Gasteiger partial charge in [-0.25, -0.2) is 0 Å². The predicted molar refractivity (Wildman–Crippen MR) is 50.4 cm³/mol. The molecule has 0 aromatic rings. The fourth-order valence-corrected chi connectivity index (χ4v) is 2.90. The maximum atomic E-state index is 11.6. The summed E-state index contributed by atoms with van der Waals surface area (Å²) >= 11 is 0. The van der Waals surface area contributed by atoms with Gasteiger partial charge in [0.15, 0.2) is 0 Å². The number of hydrogen-bond donors (Lipinski definition) is 1. The van der Waals surface area contributed by atoms with Crippen molar-refractivity contribution in [3.05, 3.63) is 0 Å². The summed E-state index contributed by atoms with van der Waals surface area (Å²) in [6, 6.07) is 0. The van der Waals surface area contributed by atoms with Gasteiger partial charge in [-0.05, 0) is 25.7 Å². The van der Waals surface area contributed by atoms with E-state index in [2.05, 4.69) is 0 Å². The van der Waals surface area contributed by atoms with Crippen molar-refractivity contribution in [1.29, 1.82) is 0 Å². The number of carbonyl (C=O) groups excluding carboxylic acids is 1. The largest absolute Gasteiger partial charge is 0.389 e. The molecule has 2 heteroatoms. The summed E-state index contributed by atoms with van der Waals surface area (Å²) < 4.78 is 0. The maximum absolute atomic E-state index is 11.6. The highest BCUT2D eigenvalue weighted by Crippen LogP contribution is 2.40. The van der Waals surface area contributed by atoms with Crippen molar-refractivity contribution in [2.45, 2.75) is 57.0 Å². The monoisotopic (exact) mass is 182 g/mol. The van der Waals surface area contributed by atoms with Crippen LogP contribution >= 0.6 is 0 Å². The molecule has 0 saturated heterocycles. The Morgan fingerprint density at radius 1 is 1.15 bits per heavy atom. The first kappa shape index (κ1) is 9.20. The van der Waals surface area contributed by atoms with Crippen molar-refractivity contribution in [2.24, 2.45) is 5.92 Å². The molecule has 2 saturated carbocycles. The van der Waals surface area contributed by atoms with Gasteiger partial charge in [-0.1, -0.05) is 19.3 Å². The molecule has 0 heterocycles. The number of Topliss-reactive ketones (excluding diaryl/α,β-unsaturated/α-hetero) is 1. The number of aliphatic hydroxyl groups is 1. The van der Waals surface area contributed by atoms with Crippen molar-refractivity contribution >= 4 is 5.78 Å². The van der Waals surface area contributed by atoms with Gasteiger partial charge in [-0.2, -0.15) is 0 Å². The Morgan fingerprint density at radius 2 is 1.92 bits per heavy atom. The van der Waals surface area contributed by atoms with Crippen molar-refractivity contribution < 1.29 is 9.90 Å². The molecule has 2 aliphatic carbocycles. The summed E-state index contributed by atoms with van der Waals surface area (Å²) in [5.41, 5.74) is -0.619. The highest BCUT2D eigenvalue weighted by atomic mass is 16.3. The molecule has 2 fully saturated rings. The Balaban J connectivity index is 2.18. The molecule has 2 nitrogen and oxygen atoms in total. The molecular weight excluding hydrogens is 164 g/mol. The highest BCUT2D eigenvalue weighted by molar-refractivity contribution is 5.83. The maximum Gasteiger partial charge on any atom is 0.138 e. The van der Waals surface area contributed by atoms with Crippen LogP contribution in [0.1, 0.15) is 51.4 Å². The van der Waals surface area contributed by atoms with Gasteiger partial charge < -0.3 is 5.11 Å². The van der Waals surface area contributed by atoms with Crippen LogP contribution in [0.15, 0.2) is 0 Å². The minimum absolute atomic E-state index is 0.0243. The third kappa shape index (κ3) is 1.64. The van der Waals surface area contributed by atoms with Crippen molar-refractivity contribution in [3.63, 3.8) is 0 Å². The van der Waals surface area contributed by atoms with E-state index in [0.717, 1.165) is 38.5 Å². The zero-order valence-electron chi connectivity index (χ0n) is 8.09. The van der Waals surface area contributed by atoms with E-state index in [1.54, 1.807) is 0 Å². The van der Waals surface area contributed by atoms with E-state index in [4.69, 9.17) is 0 Å². The molecule has 1 N–H and O–H groups in total. The zero-order chi connectivity index (χ0) is 9.31. The smallest absolute Gasteiger partial charge is 0.138 e. The van der Waals surface area contributed by atoms with Gasteiger partial charge in [0.2, 0.25) is 0 Å². The second-order valence-corrected chi connectivity index (χ2v) is 4.58. The minimum atomic E-state index is -0.619. The average Bonchev–Trinajstić information content (AvgIpc) is 2.27. The van der Waals surface area contributed by atoms with Gasteiger partial charge in [0.05, 0.1) is 5.60 Å². The van der Waals surface area contributed by atoms with E-state index in [9.17, 15) is 9.90 Å². The molecule has 13 heavy (non-hydrogen) atoms. The summed E-state index contributed by atoms with van der Waals surface area (Å²) in [5, 5.41) is 10.3. The SMILES string of the molecule is O=C1CCC[C@@]2(O)CCCCC[C@H]12. The summed E-state index contributed by atoms with van der Waals surface area (Å²) in [5.74, 6) is 0.291. The molecule has 0 bridgehead atoms. The Morgan fingerprint density at radius 3 is 2.77 bits per heavy atom. The second-order valence-electron chi connectivity index (χ2n) is 4.58. The van der Waals surface area contributed by atoms with Crippen molar-refractivity contribution in [3.8, 4) is 0 Å². The van der Waals surface area contributed by atoms with Gasteiger partial charge in [0.1, 0.15) is 5.78 Å². The van der Waals surface area contributed by atoms with E-state index < -0.39 is 5.60 Å². The third-order valence-electron chi connectivity index (χ3n) is 3.67. The quantitative estimate of drug-likeness (QED) is 0.622. The standard InChI is InChI=1S/C11H18O2/c12-10-6-4-8-11(13)7-3-1-2-5-9(10)11/h9,13H,1-8H2/t9-,11+/m1/s1. The number of carbonyl (C=O) groups is 1. The van der Waals surface area contributed by atoms with Gasteiger partial charge >= 0.3 is 0 Å². The van der Waals surface area contributed by atoms with E-state index >= 15 is 0 Å². The van der Waals surface area contributed by atoms with Crippen LogP contribution in [-0.2, 0) is 4.79 Å². The molecule has 0 spiro atoms. The number of hydrogen-bond acceptors (Lipinski definition) is 2. The molecule has 0 unspecified atom stereocenters. The lowest BCUT2D eigenvalue weighted by Crippen LogP contribution is -2.44. The first-order valence-corrected chi connectivity index (χ1v) is 5.47. The average molecular weight is 182 g/mol. The zero-order valence-corrected chi connectivity index (χ0v) is 8.09. The molecule has 2 rings (SSSR count). The molecule has 0 aliphatic heterocycles. The van der Waals surface area contributed by atoms with E-state index in [1.807, 2.05) is 0 Å². The van der Waals surface area contributed by atoms with E-state index in [0.29, 0.717) is 12.2 Å². The number of rotatable bonds is 0. The van der Waals surface area contributed by atoms with Gasteiger partial charge in [0, 0.05) is 12.3 Å². The lowest BCUT2D eigenvalue weighted by atomic mass is 9.72. The normalized spacial score (nSPS) is 41.0. The topological polar surface area (TPSA) is 37.3 Å². The molecular formula is C11H18O2. The highest BCUT2D eigenvalue weighted by Gasteiger charge is 2.43. The van der Waals surface area contributed by atoms with Gasteiger partial charge in [-0.15, -0.1) is 0 Å². The fourth-order valence-electron chi connectivity index (χ4n) is 2.90. The van der Waals surface area contributed by atoms with Crippen LogP contribution in [-0.4, -0.2) is 16.5 Å². The number of fused-ring (bicyclic) bond motifs is 1. The Hall–Kier alpha value is -0.370. The summed E-state index contributed by atoms with van der Waals surface area (Å²) in [4.78, 5) is 11.6. The molecule has 0 radical (unpaired) electrons. The summed E-state index contributed by atoms with van der Waals surface area (Å²) in [6.45, 7) is 0. The van der Waals surface area contributed by atoms with Crippen LogP contribution in [0.4, 0.5) is 0 Å². The van der Waals surface area contributed by atoms with Crippen LogP contribution in [0.25, 0.3) is 0 Å². The lowest BCUT2D eigenvalue weighted by Gasteiger charge is -2.37. The van der Waals surface area contributed by atoms with Gasteiger partial charge in [-0.3, -0.25) is 4.79 Å². The first-order valence-electron chi connectivity index (χ1n) is 5.47. The molecule has 0 amide bonds. The third-order valence-corrected chi connectivity index (χ3v) is 3.67. The van der Waals surface area contributed by atoms with E-state index in [-0.39, 0.29) is 5.92 Å². The van der Waals surface area contributed by atoms with Crippen molar-refractivity contribution in [2.75, 3.05) is 0 Å². The first-order chi connectivity index (χ1) is 6.22. The Labute approximate surface area is 79.3 Å². The van der Waals surface area contributed by atoms with Crippen LogP contribution < -0.4 is 0 Å². The fraction of sp³-hybridized carbons (Fsp3) is 0.909. The molecule has 74 valence electrons. The molecule has 0 aromatic heterocycles.